The van der Waals surface area contributed by atoms with Gasteiger partial charge in [0.25, 0.3) is 0 Å². The third-order valence-corrected chi connectivity index (χ3v) is 3.51. The first-order valence-electron chi connectivity index (χ1n) is 6.47. The lowest BCUT2D eigenvalue weighted by molar-refractivity contribution is -0.147. The number of rotatable bonds is 4. The minimum Gasteiger partial charge on any atom is -0.480 e. The highest BCUT2D eigenvalue weighted by atomic mass is 16.5. The van der Waals surface area contributed by atoms with Crippen LogP contribution in [-0.4, -0.2) is 59.6 Å². The molecule has 106 valence electrons. The van der Waals surface area contributed by atoms with E-state index in [4.69, 9.17) is 9.84 Å². The van der Waals surface area contributed by atoms with E-state index in [1.54, 1.807) is 0 Å². The minimum atomic E-state index is -1.05. The Morgan fingerprint density at radius 3 is 2.63 bits per heavy atom. The monoisotopic (exact) mass is 270 g/mol. The molecule has 1 unspecified atom stereocenters. The van der Waals surface area contributed by atoms with Crippen molar-refractivity contribution in [3.63, 3.8) is 0 Å². The lowest BCUT2D eigenvalue weighted by Gasteiger charge is -2.25. The molecule has 7 nitrogen and oxygen atoms in total. The van der Waals surface area contributed by atoms with Crippen molar-refractivity contribution in [3.8, 4) is 0 Å². The topological polar surface area (TPSA) is 95.9 Å². The molecule has 1 atom stereocenters. The van der Waals surface area contributed by atoms with Crippen LogP contribution in [0.3, 0.4) is 0 Å². The van der Waals surface area contributed by atoms with Crippen molar-refractivity contribution in [2.45, 2.75) is 37.8 Å². The van der Waals surface area contributed by atoms with Crippen LogP contribution in [0.1, 0.15) is 25.7 Å². The molecule has 0 radical (unpaired) electrons. The molecule has 0 aromatic heterocycles. The van der Waals surface area contributed by atoms with E-state index >= 15 is 0 Å². The summed E-state index contributed by atoms with van der Waals surface area (Å²) in [5.74, 6) is -1.62. The minimum absolute atomic E-state index is 0.0576. The molecular formula is C12H18N2O5. The van der Waals surface area contributed by atoms with Gasteiger partial charge in [-0.25, -0.2) is 4.79 Å². The van der Waals surface area contributed by atoms with E-state index in [-0.39, 0.29) is 37.2 Å². The van der Waals surface area contributed by atoms with Gasteiger partial charge in [-0.05, 0) is 19.3 Å². The maximum atomic E-state index is 11.8. The van der Waals surface area contributed by atoms with E-state index in [1.165, 1.54) is 0 Å². The maximum Gasteiger partial charge on any atom is 0.326 e. The van der Waals surface area contributed by atoms with E-state index in [2.05, 4.69) is 5.32 Å². The van der Waals surface area contributed by atoms with E-state index < -0.39 is 12.0 Å². The predicted molar refractivity (Wildman–Crippen MR) is 64.4 cm³/mol. The fourth-order valence-electron chi connectivity index (χ4n) is 2.46. The Bertz CT molecular complexity index is 378. The summed E-state index contributed by atoms with van der Waals surface area (Å²) in [5.41, 5.74) is 0. The van der Waals surface area contributed by atoms with Gasteiger partial charge in [-0.15, -0.1) is 0 Å². The van der Waals surface area contributed by atoms with Crippen LogP contribution in [0.4, 0.5) is 0 Å². The van der Waals surface area contributed by atoms with Crippen LogP contribution in [0.2, 0.25) is 0 Å². The number of ether oxygens (including phenoxy) is 1. The number of hydrogen-bond donors (Lipinski definition) is 2. The standard InChI is InChI=1S/C12H18N2O5/c15-10(13-8-3-5-19-6-4-8)7-14-9(12(17)18)1-2-11(14)16/h8-9H,1-7H2,(H,13,15)(H,17,18). The third kappa shape index (κ3) is 3.44. The van der Waals surface area contributed by atoms with Gasteiger partial charge in [-0.3, -0.25) is 9.59 Å². The lowest BCUT2D eigenvalue weighted by Crippen LogP contribution is -2.48. The Balaban J connectivity index is 1.86. The number of carbonyl (C=O) groups is 3. The molecule has 7 heteroatoms. The summed E-state index contributed by atoms with van der Waals surface area (Å²) in [6.45, 7) is 1.06. The fourth-order valence-corrected chi connectivity index (χ4v) is 2.46. The quantitative estimate of drug-likeness (QED) is 0.708. The number of carboxylic acid groups (broad SMARTS) is 1. The number of likely N-dealkylation sites (tertiary alicyclic amines) is 1. The summed E-state index contributed by atoms with van der Waals surface area (Å²) in [5, 5.41) is 11.8. The number of amides is 2. The molecule has 19 heavy (non-hydrogen) atoms. The van der Waals surface area contributed by atoms with Crippen LogP contribution >= 0.6 is 0 Å². The number of carboxylic acids is 1. The molecule has 0 bridgehead atoms. The van der Waals surface area contributed by atoms with Crippen molar-refractivity contribution in [3.05, 3.63) is 0 Å². The summed E-state index contributed by atoms with van der Waals surface area (Å²) < 4.78 is 5.19. The summed E-state index contributed by atoms with van der Waals surface area (Å²) in [6, 6.07) is -0.810. The zero-order valence-electron chi connectivity index (χ0n) is 10.6. The molecule has 2 rings (SSSR count). The van der Waals surface area contributed by atoms with Gasteiger partial charge in [0.1, 0.15) is 12.6 Å². The molecule has 0 spiro atoms. The van der Waals surface area contributed by atoms with Crippen LogP contribution in [0.15, 0.2) is 0 Å². The molecule has 2 aliphatic rings. The van der Waals surface area contributed by atoms with Crippen LogP contribution in [0.5, 0.6) is 0 Å². The van der Waals surface area contributed by atoms with Gasteiger partial charge in [0.15, 0.2) is 0 Å². The van der Waals surface area contributed by atoms with E-state index in [0.29, 0.717) is 13.2 Å². The molecule has 2 N–H and O–H groups in total. The second kappa shape index (κ2) is 6.01. The highest BCUT2D eigenvalue weighted by Gasteiger charge is 2.37. The SMILES string of the molecule is O=C(CN1C(=O)CCC1C(=O)O)NC1CCOCC1. The first kappa shape index (κ1) is 13.8. The molecule has 0 aliphatic carbocycles. The zero-order valence-corrected chi connectivity index (χ0v) is 10.6. The fraction of sp³-hybridized carbons (Fsp3) is 0.750. The van der Waals surface area contributed by atoms with E-state index in [0.717, 1.165) is 17.7 Å². The number of nitrogens with one attached hydrogen (secondary N) is 1. The maximum absolute atomic E-state index is 11.8. The Hall–Kier alpha value is -1.63. The first-order valence-corrected chi connectivity index (χ1v) is 6.47. The largest absolute Gasteiger partial charge is 0.480 e. The molecular weight excluding hydrogens is 252 g/mol. The summed E-state index contributed by atoms with van der Waals surface area (Å²) >= 11 is 0. The first-order chi connectivity index (χ1) is 9.08. The van der Waals surface area contributed by atoms with Gasteiger partial charge >= 0.3 is 5.97 Å². The van der Waals surface area contributed by atoms with Crippen molar-refractivity contribution < 1.29 is 24.2 Å². The van der Waals surface area contributed by atoms with Crippen LogP contribution in [0, 0.1) is 0 Å². The van der Waals surface area contributed by atoms with Gasteiger partial charge in [0.2, 0.25) is 11.8 Å². The van der Waals surface area contributed by atoms with Crippen molar-refractivity contribution in [1.29, 1.82) is 0 Å². The average Bonchev–Trinajstić information content (AvgIpc) is 2.72. The summed E-state index contributed by atoms with van der Waals surface area (Å²) in [4.78, 5) is 35.6. The van der Waals surface area contributed by atoms with Crippen molar-refractivity contribution in [2.75, 3.05) is 19.8 Å². The zero-order chi connectivity index (χ0) is 13.8. The molecule has 2 amide bonds. The number of hydrogen-bond acceptors (Lipinski definition) is 4. The van der Waals surface area contributed by atoms with Crippen LogP contribution in [0.25, 0.3) is 0 Å². The lowest BCUT2D eigenvalue weighted by atomic mass is 10.1. The summed E-state index contributed by atoms with van der Waals surface area (Å²) in [6.07, 6.45) is 1.98. The number of nitrogens with zero attached hydrogens (tertiary/aromatic N) is 1. The molecule has 2 heterocycles. The molecule has 0 saturated carbocycles. The number of aliphatic carboxylic acids is 1. The average molecular weight is 270 g/mol. The molecule has 0 aromatic carbocycles. The van der Waals surface area contributed by atoms with Gasteiger partial charge in [-0.2, -0.15) is 0 Å². The van der Waals surface area contributed by atoms with E-state index in [1.807, 2.05) is 0 Å². The Morgan fingerprint density at radius 2 is 2.00 bits per heavy atom. The van der Waals surface area contributed by atoms with Crippen LogP contribution in [-0.2, 0) is 19.1 Å². The Morgan fingerprint density at radius 1 is 1.32 bits per heavy atom. The Kier molecular flexibility index (Phi) is 4.36. The second-order valence-corrected chi connectivity index (χ2v) is 4.87. The second-order valence-electron chi connectivity index (χ2n) is 4.87. The van der Waals surface area contributed by atoms with Gasteiger partial charge in [0.05, 0.1) is 0 Å². The van der Waals surface area contributed by atoms with Crippen molar-refractivity contribution in [2.24, 2.45) is 0 Å². The predicted octanol–water partition coefficient (Wildman–Crippen LogP) is -0.643. The summed E-state index contributed by atoms with van der Waals surface area (Å²) in [7, 11) is 0. The normalized spacial score (nSPS) is 24.5. The van der Waals surface area contributed by atoms with Gasteiger partial charge in [-0.1, -0.05) is 0 Å². The molecule has 0 aromatic rings. The van der Waals surface area contributed by atoms with Crippen LogP contribution < -0.4 is 5.32 Å². The molecule has 2 aliphatic heterocycles. The smallest absolute Gasteiger partial charge is 0.326 e. The highest BCUT2D eigenvalue weighted by molar-refractivity contribution is 5.91. The van der Waals surface area contributed by atoms with Gasteiger partial charge < -0.3 is 20.1 Å². The molecule has 2 fully saturated rings. The van der Waals surface area contributed by atoms with E-state index in [9.17, 15) is 14.4 Å². The Labute approximate surface area is 110 Å². The highest BCUT2D eigenvalue weighted by Crippen LogP contribution is 2.18. The van der Waals surface area contributed by atoms with Crippen molar-refractivity contribution >= 4 is 17.8 Å². The molecule has 2 saturated heterocycles. The van der Waals surface area contributed by atoms with Gasteiger partial charge in [0, 0.05) is 25.7 Å². The van der Waals surface area contributed by atoms with Crippen molar-refractivity contribution in [1.82, 2.24) is 10.2 Å². The third-order valence-electron chi connectivity index (χ3n) is 3.51. The number of carbonyl (C=O) groups excluding carboxylic acids is 2.